The van der Waals surface area contributed by atoms with Gasteiger partial charge in [-0.25, -0.2) is 0 Å². The van der Waals surface area contributed by atoms with Gasteiger partial charge in [-0.2, -0.15) is 0 Å². The molecule has 0 bridgehead atoms. The first kappa shape index (κ1) is 29.2. The van der Waals surface area contributed by atoms with Gasteiger partial charge in [-0.3, -0.25) is 0 Å². The van der Waals surface area contributed by atoms with Crippen molar-refractivity contribution in [2.45, 2.75) is 168 Å². The molecule has 1 aliphatic rings. The van der Waals surface area contributed by atoms with Crippen LogP contribution in [0.25, 0.3) is 0 Å². The standard InChI is InChI=1S/C32H56O2/c1-8-10-12-13-14-15-16-17-18-19-21-26-23-27-25(3)30(33)32(6,7)34-29(27)24-28(26)31(4,5)22-20-11-9-2/h23-25,30,33H,8-22H2,1-7H3. The van der Waals surface area contributed by atoms with Crippen molar-refractivity contribution in [2.24, 2.45) is 0 Å². The fraction of sp³-hybridized carbons (Fsp3) is 0.812. The Kier molecular flexibility index (Phi) is 11.9. The van der Waals surface area contributed by atoms with E-state index in [1.165, 1.54) is 107 Å². The maximum Gasteiger partial charge on any atom is 0.130 e. The molecule has 0 amide bonds. The minimum Gasteiger partial charge on any atom is -0.485 e. The third-order valence-electron chi connectivity index (χ3n) is 8.22. The van der Waals surface area contributed by atoms with Crippen molar-refractivity contribution in [2.75, 3.05) is 0 Å². The molecule has 2 heteroatoms. The van der Waals surface area contributed by atoms with Crippen LogP contribution in [0.15, 0.2) is 12.1 Å². The van der Waals surface area contributed by atoms with Crippen LogP contribution in [0.1, 0.15) is 161 Å². The first-order valence-corrected chi connectivity index (χ1v) is 14.7. The summed E-state index contributed by atoms with van der Waals surface area (Å²) in [5.41, 5.74) is 3.75. The number of fused-ring (bicyclic) bond motifs is 1. The summed E-state index contributed by atoms with van der Waals surface area (Å²) < 4.78 is 6.37. The van der Waals surface area contributed by atoms with Crippen molar-refractivity contribution in [1.29, 1.82) is 0 Å². The minimum atomic E-state index is -0.548. The molecule has 34 heavy (non-hydrogen) atoms. The summed E-state index contributed by atoms with van der Waals surface area (Å²) in [6.45, 7) is 15.6. The lowest BCUT2D eigenvalue weighted by Crippen LogP contribution is -2.48. The topological polar surface area (TPSA) is 29.5 Å². The van der Waals surface area contributed by atoms with Crippen LogP contribution in [0.4, 0.5) is 0 Å². The van der Waals surface area contributed by atoms with Crippen LogP contribution in [-0.4, -0.2) is 16.8 Å². The van der Waals surface area contributed by atoms with E-state index in [4.69, 9.17) is 4.74 Å². The third kappa shape index (κ3) is 8.28. The van der Waals surface area contributed by atoms with Gasteiger partial charge in [0.2, 0.25) is 0 Å². The summed E-state index contributed by atoms with van der Waals surface area (Å²) in [5, 5.41) is 10.9. The SMILES string of the molecule is CCCCCCCCCCCCc1cc2c(cc1C(C)(C)CCCCC)OC(C)(C)C(O)C2C. The Bertz CT molecular complexity index is 718. The van der Waals surface area contributed by atoms with Gasteiger partial charge in [-0.15, -0.1) is 0 Å². The Balaban J connectivity index is 2.07. The molecule has 0 fully saturated rings. The lowest BCUT2D eigenvalue weighted by atomic mass is 9.74. The highest BCUT2D eigenvalue weighted by Crippen LogP contribution is 2.45. The van der Waals surface area contributed by atoms with Crippen molar-refractivity contribution in [3.05, 3.63) is 28.8 Å². The molecule has 1 heterocycles. The molecule has 2 nitrogen and oxygen atoms in total. The number of benzene rings is 1. The minimum absolute atomic E-state index is 0.0995. The third-order valence-corrected chi connectivity index (χ3v) is 8.22. The first-order chi connectivity index (χ1) is 16.1. The fourth-order valence-electron chi connectivity index (χ4n) is 5.80. The number of aliphatic hydroxyl groups excluding tert-OH is 1. The summed E-state index contributed by atoms with van der Waals surface area (Å²) in [6.07, 6.45) is 19.4. The van der Waals surface area contributed by atoms with E-state index in [-0.39, 0.29) is 11.3 Å². The molecule has 2 unspecified atom stereocenters. The van der Waals surface area contributed by atoms with Gasteiger partial charge in [-0.05, 0) is 61.3 Å². The van der Waals surface area contributed by atoms with Gasteiger partial charge in [0.15, 0.2) is 0 Å². The first-order valence-electron chi connectivity index (χ1n) is 14.7. The van der Waals surface area contributed by atoms with E-state index >= 15 is 0 Å². The van der Waals surface area contributed by atoms with Crippen molar-refractivity contribution >= 4 is 0 Å². The number of unbranched alkanes of at least 4 members (excludes halogenated alkanes) is 11. The number of rotatable bonds is 16. The lowest BCUT2D eigenvalue weighted by Gasteiger charge is -2.42. The molecule has 0 saturated heterocycles. The summed E-state index contributed by atoms with van der Waals surface area (Å²) in [6, 6.07) is 4.74. The van der Waals surface area contributed by atoms with Crippen LogP contribution in [-0.2, 0) is 11.8 Å². The van der Waals surface area contributed by atoms with Gasteiger partial charge in [0.25, 0.3) is 0 Å². The van der Waals surface area contributed by atoms with Crippen LogP contribution < -0.4 is 4.74 Å². The number of aryl methyl sites for hydroxylation is 1. The maximum atomic E-state index is 10.9. The molecule has 1 aliphatic heterocycles. The second-order valence-electron chi connectivity index (χ2n) is 12.3. The average Bonchev–Trinajstić information content (AvgIpc) is 2.78. The van der Waals surface area contributed by atoms with Gasteiger partial charge in [-0.1, -0.05) is 118 Å². The van der Waals surface area contributed by atoms with Gasteiger partial charge < -0.3 is 9.84 Å². The van der Waals surface area contributed by atoms with Crippen LogP contribution in [0, 0.1) is 0 Å². The largest absolute Gasteiger partial charge is 0.485 e. The highest BCUT2D eigenvalue weighted by Gasteiger charge is 2.41. The Morgan fingerprint density at radius 1 is 0.824 bits per heavy atom. The summed E-state index contributed by atoms with van der Waals surface area (Å²) in [5.74, 6) is 1.09. The monoisotopic (exact) mass is 472 g/mol. The summed E-state index contributed by atoms with van der Waals surface area (Å²) in [4.78, 5) is 0. The van der Waals surface area contributed by atoms with Crippen molar-refractivity contribution < 1.29 is 9.84 Å². The van der Waals surface area contributed by atoms with E-state index < -0.39 is 11.7 Å². The van der Waals surface area contributed by atoms with E-state index in [2.05, 4.69) is 46.8 Å². The molecular formula is C32H56O2. The normalized spacial score (nSPS) is 19.6. The number of hydrogen-bond acceptors (Lipinski definition) is 2. The van der Waals surface area contributed by atoms with Crippen molar-refractivity contribution in [3.63, 3.8) is 0 Å². The Labute approximate surface area is 212 Å². The Hall–Kier alpha value is -1.02. The smallest absolute Gasteiger partial charge is 0.130 e. The molecule has 0 radical (unpaired) electrons. The Morgan fingerprint density at radius 2 is 1.35 bits per heavy atom. The predicted molar refractivity (Wildman–Crippen MR) is 148 cm³/mol. The zero-order valence-electron chi connectivity index (χ0n) is 23.8. The maximum absolute atomic E-state index is 10.9. The van der Waals surface area contributed by atoms with Gasteiger partial charge in [0.05, 0.1) is 6.10 Å². The van der Waals surface area contributed by atoms with Crippen molar-refractivity contribution in [3.8, 4) is 5.75 Å². The van der Waals surface area contributed by atoms with Crippen molar-refractivity contribution in [1.82, 2.24) is 0 Å². The molecule has 1 aromatic rings. The van der Waals surface area contributed by atoms with Crippen LogP contribution in [0.2, 0.25) is 0 Å². The highest BCUT2D eigenvalue weighted by molar-refractivity contribution is 5.49. The zero-order valence-corrected chi connectivity index (χ0v) is 23.8. The fourth-order valence-corrected chi connectivity index (χ4v) is 5.80. The van der Waals surface area contributed by atoms with Gasteiger partial charge >= 0.3 is 0 Å². The molecule has 2 atom stereocenters. The summed E-state index contributed by atoms with van der Waals surface area (Å²) >= 11 is 0. The number of ether oxygens (including phenoxy) is 1. The Morgan fingerprint density at radius 3 is 1.94 bits per heavy atom. The molecule has 1 aromatic carbocycles. The molecule has 0 aromatic heterocycles. The summed E-state index contributed by atoms with van der Waals surface area (Å²) in [7, 11) is 0. The highest BCUT2D eigenvalue weighted by atomic mass is 16.5. The van der Waals surface area contributed by atoms with Gasteiger partial charge in [0, 0.05) is 5.92 Å². The van der Waals surface area contributed by atoms with Crippen LogP contribution >= 0.6 is 0 Å². The van der Waals surface area contributed by atoms with E-state index in [1.807, 2.05) is 13.8 Å². The number of hydrogen-bond donors (Lipinski definition) is 1. The van der Waals surface area contributed by atoms with Crippen LogP contribution in [0.5, 0.6) is 5.75 Å². The van der Waals surface area contributed by atoms with Gasteiger partial charge in [0.1, 0.15) is 11.4 Å². The molecular weight excluding hydrogens is 416 g/mol. The lowest BCUT2D eigenvalue weighted by molar-refractivity contribution is -0.0550. The molecule has 0 saturated carbocycles. The number of aliphatic hydroxyl groups is 1. The van der Waals surface area contributed by atoms with E-state index in [9.17, 15) is 5.11 Å². The zero-order chi connectivity index (χ0) is 25.2. The second-order valence-corrected chi connectivity index (χ2v) is 12.3. The quantitative estimate of drug-likeness (QED) is 0.243. The molecule has 0 aliphatic carbocycles. The molecule has 0 spiro atoms. The van der Waals surface area contributed by atoms with E-state index in [0.29, 0.717) is 0 Å². The predicted octanol–water partition coefficient (Wildman–Crippen LogP) is 9.64. The average molecular weight is 473 g/mol. The molecule has 1 N–H and O–H groups in total. The van der Waals surface area contributed by atoms with E-state index in [1.54, 1.807) is 0 Å². The molecule has 196 valence electrons. The second kappa shape index (κ2) is 13.9. The molecule has 2 rings (SSSR count). The van der Waals surface area contributed by atoms with E-state index in [0.717, 1.165) is 12.2 Å². The van der Waals surface area contributed by atoms with Crippen LogP contribution in [0.3, 0.4) is 0 Å².